The summed E-state index contributed by atoms with van der Waals surface area (Å²) in [6.45, 7) is 4.17. The molecule has 3 aromatic carbocycles. The molecule has 1 aromatic heterocycles. The van der Waals surface area contributed by atoms with Crippen LogP contribution in [-0.4, -0.2) is 33.4 Å². The molecule has 0 aliphatic carbocycles. The lowest BCUT2D eigenvalue weighted by atomic mass is 9.82. The zero-order valence-electron chi connectivity index (χ0n) is 19.6. The quantitative estimate of drug-likeness (QED) is 0.426. The molecule has 5 rings (SSSR count). The first-order chi connectivity index (χ1) is 16.8. The summed E-state index contributed by atoms with van der Waals surface area (Å²) in [5.41, 5.74) is 8.99. The number of rotatable bonds is 4. The predicted molar refractivity (Wildman–Crippen MR) is 134 cm³/mol. The lowest BCUT2D eigenvalue weighted by Crippen LogP contribution is -2.42. The van der Waals surface area contributed by atoms with Crippen molar-refractivity contribution in [1.82, 2.24) is 9.97 Å². The van der Waals surface area contributed by atoms with Crippen molar-refractivity contribution in [2.75, 3.05) is 11.4 Å². The van der Waals surface area contributed by atoms with E-state index in [1.165, 1.54) is 0 Å². The average Bonchev–Trinajstić information content (AvgIpc) is 3.17. The molecule has 0 saturated carbocycles. The Morgan fingerprint density at radius 1 is 1.03 bits per heavy atom. The van der Waals surface area contributed by atoms with Crippen molar-refractivity contribution in [3.05, 3.63) is 107 Å². The minimum absolute atomic E-state index is 0.170. The molecule has 0 fully saturated rings. The number of aromatic amines is 1. The van der Waals surface area contributed by atoms with Crippen LogP contribution in [0.1, 0.15) is 38.6 Å². The summed E-state index contributed by atoms with van der Waals surface area (Å²) in [5, 5.41) is 11.4. The highest BCUT2D eigenvalue weighted by atomic mass is 16.3. The average molecular weight is 467 g/mol. The van der Waals surface area contributed by atoms with Gasteiger partial charge in [0.25, 0.3) is 11.8 Å². The number of nitrogens with zero attached hydrogens (tertiary/aromatic N) is 2. The molecule has 1 aliphatic rings. The van der Waals surface area contributed by atoms with Crippen LogP contribution in [0.4, 0.5) is 5.69 Å². The Hall–Kier alpha value is -4.23. The van der Waals surface area contributed by atoms with Crippen LogP contribution in [0.5, 0.6) is 0 Å². The van der Waals surface area contributed by atoms with Gasteiger partial charge in [-0.3, -0.25) is 9.59 Å². The van der Waals surface area contributed by atoms with Crippen LogP contribution in [0, 0.1) is 13.8 Å². The van der Waals surface area contributed by atoms with Gasteiger partial charge < -0.3 is 20.7 Å². The van der Waals surface area contributed by atoms with Gasteiger partial charge in [-0.05, 0) is 43.2 Å². The van der Waals surface area contributed by atoms with E-state index in [-0.39, 0.29) is 5.91 Å². The molecule has 0 radical (unpaired) electrons. The van der Waals surface area contributed by atoms with Crippen LogP contribution in [0.25, 0.3) is 11.3 Å². The summed E-state index contributed by atoms with van der Waals surface area (Å²) in [4.78, 5) is 35.8. The van der Waals surface area contributed by atoms with Crippen molar-refractivity contribution in [2.24, 2.45) is 5.73 Å². The van der Waals surface area contributed by atoms with E-state index in [1.807, 2.05) is 31.2 Å². The Morgan fingerprint density at radius 3 is 2.46 bits per heavy atom. The number of nitrogens with two attached hydrogens (primary N) is 1. The number of hydrogen-bond acceptors (Lipinski definition) is 4. The van der Waals surface area contributed by atoms with E-state index >= 15 is 0 Å². The van der Waals surface area contributed by atoms with Crippen molar-refractivity contribution < 1.29 is 14.7 Å². The molecule has 0 bridgehead atoms. The maximum absolute atomic E-state index is 13.7. The lowest BCUT2D eigenvalue weighted by molar-refractivity contribution is -0.133. The van der Waals surface area contributed by atoms with Crippen LogP contribution in [0.3, 0.4) is 0 Å². The molecular formula is C28H26N4O3. The molecule has 1 unspecified atom stereocenters. The molecule has 0 spiro atoms. The van der Waals surface area contributed by atoms with Gasteiger partial charge in [0.2, 0.25) is 0 Å². The Labute approximate surface area is 203 Å². The Balaban J connectivity index is 1.54. The molecule has 0 saturated heterocycles. The first-order valence-electron chi connectivity index (χ1n) is 11.5. The van der Waals surface area contributed by atoms with Crippen LogP contribution >= 0.6 is 0 Å². The van der Waals surface area contributed by atoms with Crippen LogP contribution < -0.4 is 10.6 Å². The molecule has 7 nitrogen and oxygen atoms in total. The third kappa shape index (κ3) is 3.70. The normalized spacial score (nSPS) is 14.4. The highest BCUT2D eigenvalue weighted by molar-refractivity contribution is 6.08. The molecule has 4 N–H and O–H groups in total. The fourth-order valence-corrected chi connectivity index (χ4v) is 4.88. The van der Waals surface area contributed by atoms with Gasteiger partial charge in [0, 0.05) is 35.3 Å². The van der Waals surface area contributed by atoms with Gasteiger partial charge in [-0.2, -0.15) is 0 Å². The summed E-state index contributed by atoms with van der Waals surface area (Å²) in [5.74, 6) is -0.205. The van der Waals surface area contributed by atoms with E-state index in [0.29, 0.717) is 35.2 Å². The minimum atomic E-state index is -2.01. The minimum Gasteiger partial charge on any atom is -0.372 e. The van der Waals surface area contributed by atoms with E-state index in [1.54, 1.807) is 60.4 Å². The fourth-order valence-electron chi connectivity index (χ4n) is 4.88. The zero-order chi connectivity index (χ0) is 24.7. The predicted octanol–water partition coefficient (Wildman–Crippen LogP) is 3.62. The first-order valence-corrected chi connectivity index (χ1v) is 11.5. The lowest BCUT2D eigenvalue weighted by Gasteiger charge is -2.28. The SMILES string of the molecule is Cc1nc2c([nH]1)CCN(C(=O)c1ccc(C(O)(C(N)=O)c3ccccc3)c(C)c1)c1ccccc1-2. The third-order valence-electron chi connectivity index (χ3n) is 6.59. The largest absolute Gasteiger partial charge is 0.372 e. The number of benzene rings is 3. The molecule has 176 valence electrons. The maximum atomic E-state index is 13.7. The number of hydrogen-bond donors (Lipinski definition) is 3. The fraction of sp³-hybridized carbons (Fsp3) is 0.179. The summed E-state index contributed by atoms with van der Waals surface area (Å²) in [7, 11) is 0. The number of primary amides is 1. The number of carbonyl (C=O) groups excluding carboxylic acids is 2. The molecular weight excluding hydrogens is 440 g/mol. The smallest absolute Gasteiger partial charge is 0.258 e. The standard InChI is InChI=1S/C28H26N4O3/c1-17-16-19(12-13-22(17)28(35,27(29)34)20-8-4-3-5-9-20)26(33)32-15-14-23-25(31-18(2)30-23)21-10-6-7-11-24(21)32/h3-13,16,35H,14-15H2,1-2H3,(H2,29,34)(H,30,31). The Kier molecular flexibility index (Phi) is 5.49. The number of aryl methyl sites for hydroxylation is 2. The Bertz CT molecular complexity index is 1440. The second-order valence-electron chi connectivity index (χ2n) is 8.84. The number of nitrogens with one attached hydrogen (secondary N) is 1. The van der Waals surface area contributed by atoms with Gasteiger partial charge in [-0.1, -0.05) is 54.6 Å². The highest BCUT2D eigenvalue weighted by Crippen LogP contribution is 2.37. The monoisotopic (exact) mass is 466 g/mol. The number of para-hydroxylation sites is 1. The zero-order valence-corrected chi connectivity index (χ0v) is 19.6. The molecule has 2 heterocycles. The van der Waals surface area contributed by atoms with E-state index < -0.39 is 11.5 Å². The van der Waals surface area contributed by atoms with E-state index in [4.69, 9.17) is 5.73 Å². The van der Waals surface area contributed by atoms with Crippen molar-refractivity contribution >= 4 is 17.5 Å². The molecule has 1 atom stereocenters. The van der Waals surface area contributed by atoms with E-state index in [9.17, 15) is 14.7 Å². The van der Waals surface area contributed by atoms with Gasteiger partial charge in [-0.25, -0.2) is 4.98 Å². The number of anilines is 1. The molecule has 35 heavy (non-hydrogen) atoms. The van der Waals surface area contributed by atoms with Crippen LogP contribution in [0.15, 0.2) is 72.8 Å². The topological polar surface area (TPSA) is 112 Å². The number of fused-ring (bicyclic) bond motifs is 3. The number of H-pyrrole nitrogens is 1. The van der Waals surface area contributed by atoms with Gasteiger partial charge in [0.15, 0.2) is 5.60 Å². The number of amides is 2. The van der Waals surface area contributed by atoms with Crippen LogP contribution in [-0.2, 0) is 16.8 Å². The van der Waals surface area contributed by atoms with Gasteiger partial charge in [0.05, 0.1) is 11.4 Å². The van der Waals surface area contributed by atoms with Gasteiger partial charge >= 0.3 is 0 Å². The van der Waals surface area contributed by atoms with Crippen LogP contribution in [0.2, 0.25) is 0 Å². The molecule has 2 amide bonds. The van der Waals surface area contributed by atoms with E-state index in [0.717, 1.165) is 28.5 Å². The van der Waals surface area contributed by atoms with Gasteiger partial charge in [0.1, 0.15) is 5.82 Å². The van der Waals surface area contributed by atoms with Crippen molar-refractivity contribution in [1.29, 1.82) is 0 Å². The summed E-state index contributed by atoms with van der Waals surface area (Å²) >= 11 is 0. The third-order valence-corrected chi connectivity index (χ3v) is 6.59. The number of carbonyl (C=O) groups is 2. The summed E-state index contributed by atoms with van der Waals surface area (Å²) < 4.78 is 0. The van der Waals surface area contributed by atoms with E-state index in [2.05, 4.69) is 9.97 Å². The summed E-state index contributed by atoms with van der Waals surface area (Å²) in [6.07, 6.45) is 0.642. The first kappa shape index (κ1) is 22.6. The van der Waals surface area contributed by atoms with Crippen molar-refractivity contribution in [2.45, 2.75) is 25.9 Å². The number of aromatic nitrogens is 2. The number of imidazole rings is 1. The highest BCUT2D eigenvalue weighted by Gasteiger charge is 2.39. The second kappa shape index (κ2) is 8.52. The molecule has 7 heteroatoms. The Morgan fingerprint density at radius 2 is 1.74 bits per heavy atom. The van der Waals surface area contributed by atoms with Crippen molar-refractivity contribution in [3.8, 4) is 11.3 Å². The second-order valence-corrected chi connectivity index (χ2v) is 8.84. The molecule has 1 aliphatic heterocycles. The molecule has 4 aromatic rings. The number of aliphatic hydroxyl groups is 1. The maximum Gasteiger partial charge on any atom is 0.258 e. The van der Waals surface area contributed by atoms with Crippen molar-refractivity contribution in [3.63, 3.8) is 0 Å². The van der Waals surface area contributed by atoms with Gasteiger partial charge in [-0.15, -0.1) is 0 Å². The summed E-state index contributed by atoms with van der Waals surface area (Å²) in [6, 6.07) is 21.3.